The van der Waals surface area contributed by atoms with Crippen LogP contribution in [0.25, 0.3) is 0 Å². The molecule has 0 spiro atoms. The molecule has 6 heteroatoms. The van der Waals surface area contributed by atoms with Crippen molar-refractivity contribution in [2.24, 2.45) is 0 Å². The van der Waals surface area contributed by atoms with E-state index in [9.17, 15) is 9.59 Å². The maximum atomic E-state index is 12.4. The summed E-state index contributed by atoms with van der Waals surface area (Å²) in [4.78, 5) is 24.7. The van der Waals surface area contributed by atoms with E-state index in [0.29, 0.717) is 18.5 Å². The number of unbranched alkanes of at least 4 members (excludes halogenated alkanes) is 2. The Labute approximate surface area is 151 Å². The molecule has 0 aliphatic heterocycles. The first-order chi connectivity index (χ1) is 11.1. The van der Waals surface area contributed by atoms with E-state index in [0.717, 1.165) is 29.5 Å². The summed E-state index contributed by atoms with van der Waals surface area (Å²) in [5, 5.41) is 5.78. The highest BCUT2D eigenvalue weighted by molar-refractivity contribution is 9.10. The van der Waals surface area contributed by atoms with Gasteiger partial charge < -0.3 is 10.6 Å². The van der Waals surface area contributed by atoms with Crippen molar-refractivity contribution in [3.8, 4) is 0 Å². The van der Waals surface area contributed by atoms with Crippen molar-refractivity contribution in [2.75, 3.05) is 18.6 Å². The maximum absolute atomic E-state index is 12.4. The molecular formula is C17H25BrN2O2S. The quantitative estimate of drug-likeness (QED) is 0.589. The van der Waals surface area contributed by atoms with Crippen LogP contribution < -0.4 is 10.6 Å². The Bertz CT molecular complexity index is 511. The smallest absolute Gasteiger partial charge is 0.253 e. The first-order valence-electron chi connectivity index (χ1n) is 7.92. The molecule has 0 bridgehead atoms. The number of benzene rings is 1. The van der Waals surface area contributed by atoms with Gasteiger partial charge in [0.2, 0.25) is 5.91 Å². The fraction of sp³-hybridized carbons (Fsp3) is 0.529. The van der Waals surface area contributed by atoms with Crippen LogP contribution >= 0.6 is 27.7 Å². The van der Waals surface area contributed by atoms with Crippen LogP contribution in [0, 0.1) is 0 Å². The monoisotopic (exact) mass is 400 g/mol. The summed E-state index contributed by atoms with van der Waals surface area (Å²) in [5.41, 5.74) is 0.542. The first-order valence-corrected chi connectivity index (χ1v) is 10.1. The van der Waals surface area contributed by atoms with Crippen molar-refractivity contribution in [1.82, 2.24) is 10.6 Å². The van der Waals surface area contributed by atoms with E-state index in [1.54, 1.807) is 23.9 Å². The number of hydrogen-bond donors (Lipinski definition) is 2. The lowest BCUT2D eigenvalue weighted by molar-refractivity contribution is -0.123. The Morgan fingerprint density at radius 1 is 1.26 bits per heavy atom. The molecule has 0 saturated carbocycles. The van der Waals surface area contributed by atoms with Gasteiger partial charge in [-0.15, -0.1) is 0 Å². The highest BCUT2D eigenvalue weighted by Crippen LogP contribution is 2.16. The van der Waals surface area contributed by atoms with Crippen LogP contribution in [0.3, 0.4) is 0 Å². The third kappa shape index (κ3) is 7.40. The number of thioether (sulfide) groups is 1. The molecule has 0 fully saturated rings. The molecule has 2 N–H and O–H groups in total. The van der Waals surface area contributed by atoms with Gasteiger partial charge in [0.1, 0.15) is 6.04 Å². The number of amides is 2. The molecule has 0 radical (unpaired) electrons. The molecule has 0 aromatic heterocycles. The van der Waals surface area contributed by atoms with Crippen molar-refractivity contribution in [2.45, 2.75) is 38.6 Å². The number of carbonyl (C=O) groups is 2. The van der Waals surface area contributed by atoms with Crippen LogP contribution in [0.15, 0.2) is 28.7 Å². The average Bonchev–Trinajstić information content (AvgIpc) is 2.55. The minimum atomic E-state index is -0.497. The highest BCUT2D eigenvalue weighted by Gasteiger charge is 2.21. The van der Waals surface area contributed by atoms with Crippen LogP contribution in [0.5, 0.6) is 0 Å². The predicted molar refractivity (Wildman–Crippen MR) is 101 cm³/mol. The summed E-state index contributed by atoms with van der Waals surface area (Å²) in [7, 11) is 0. The van der Waals surface area contributed by atoms with Gasteiger partial charge >= 0.3 is 0 Å². The topological polar surface area (TPSA) is 58.2 Å². The molecule has 0 saturated heterocycles. The second kappa shape index (κ2) is 11.5. The van der Waals surface area contributed by atoms with Gasteiger partial charge in [-0.2, -0.15) is 11.8 Å². The lowest BCUT2D eigenvalue weighted by atomic mass is 10.1. The van der Waals surface area contributed by atoms with Crippen LogP contribution in [0.4, 0.5) is 0 Å². The molecule has 4 nitrogen and oxygen atoms in total. The van der Waals surface area contributed by atoms with E-state index in [4.69, 9.17) is 0 Å². The first kappa shape index (κ1) is 20.0. The van der Waals surface area contributed by atoms with E-state index < -0.39 is 6.04 Å². The van der Waals surface area contributed by atoms with Crippen molar-refractivity contribution in [3.05, 3.63) is 34.3 Å². The zero-order chi connectivity index (χ0) is 17.1. The lowest BCUT2D eigenvalue weighted by Gasteiger charge is -2.18. The Balaban J connectivity index is 2.64. The van der Waals surface area contributed by atoms with Crippen molar-refractivity contribution >= 4 is 39.5 Å². The number of rotatable bonds is 10. The second-order valence-electron chi connectivity index (χ2n) is 5.29. The molecule has 1 atom stereocenters. The lowest BCUT2D eigenvalue weighted by Crippen LogP contribution is -2.47. The van der Waals surface area contributed by atoms with Gasteiger partial charge in [-0.1, -0.05) is 31.9 Å². The number of halogens is 1. The number of hydrogen-bond acceptors (Lipinski definition) is 3. The SMILES string of the molecule is CCCCCNC(=O)C(CCSC)NC(=O)c1ccccc1Br. The summed E-state index contributed by atoms with van der Waals surface area (Å²) < 4.78 is 0.726. The Morgan fingerprint density at radius 2 is 2.00 bits per heavy atom. The van der Waals surface area contributed by atoms with Gasteiger partial charge in [0.25, 0.3) is 5.91 Å². The van der Waals surface area contributed by atoms with Crippen LogP contribution in [0.1, 0.15) is 43.0 Å². The number of carbonyl (C=O) groups excluding carboxylic acids is 2. The van der Waals surface area contributed by atoms with Gasteiger partial charge in [-0.3, -0.25) is 9.59 Å². The van der Waals surface area contributed by atoms with E-state index in [1.165, 1.54) is 0 Å². The average molecular weight is 401 g/mol. The van der Waals surface area contributed by atoms with Crippen LogP contribution in [-0.4, -0.2) is 36.4 Å². The van der Waals surface area contributed by atoms with Gasteiger partial charge in [0, 0.05) is 11.0 Å². The molecule has 23 heavy (non-hydrogen) atoms. The van der Waals surface area contributed by atoms with Gasteiger partial charge in [-0.05, 0) is 52.9 Å². The number of nitrogens with one attached hydrogen (secondary N) is 2. The van der Waals surface area contributed by atoms with E-state index in [-0.39, 0.29) is 11.8 Å². The third-order valence-corrected chi connectivity index (χ3v) is 4.77. The molecule has 2 amide bonds. The molecule has 0 aliphatic rings. The zero-order valence-corrected chi connectivity index (χ0v) is 16.1. The Kier molecular flexibility index (Phi) is 10.0. The fourth-order valence-electron chi connectivity index (χ4n) is 2.10. The Hall–Kier alpha value is -1.01. The van der Waals surface area contributed by atoms with Gasteiger partial charge in [0.05, 0.1) is 5.56 Å². The Morgan fingerprint density at radius 3 is 2.65 bits per heavy atom. The predicted octanol–water partition coefficient (Wildman–Crippen LogP) is 3.61. The second-order valence-corrected chi connectivity index (χ2v) is 7.13. The maximum Gasteiger partial charge on any atom is 0.253 e. The normalized spacial score (nSPS) is 11.8. The van der Waals surface area contributed by atoms with Crippen molar-refractivity contribution < 1.29 is 9.59 Å². The fourth-order valence-corrected chi connectivity index (χ4v) is 3.03. The van der Waals surface area contributed by atoms with Crippen molar-refractivity contribution in [3.63, 3.8) is 0 Å². The summed E-state index contributed by atoms with van der Waals surface area (Å²) in [6.45, 7) is 2.79. The molecule has 1 rings (SSSR count). The molecule has 0 aliphatic carbocycles. The summed E-state index contributed by atoms with van der Waals surface area (Å²) in [6.07, 6.45) is 5.79. The summed E-state index contributed by atoms with van der Waals surface area (Å²) in [5.74, 6) is 0.492. The van der Waals surface area contributed by atoms with Crippen LogP contribution in [0.2, 0.25) is 0 Å². The standard InChI is InChI=1S/C17H25BrN2O2S/c1-3-4-7-11-19-17(22)15(10-12-23-2)20-16(21)13-8-5-6-9-14(13)18/h5-6,8-9,15H,3-4,7,10-12H2,1-2H3,(H,19,22)(H,20,21). The van der Waals surface area contributed by atoms with Crippen molar-refractivity contribution in [1.29, 1.82) is 0 Å². The molecule has 0 heterocycles. The highest BCUT2D eigenvalue weighted by atomic mass is 79.9. The van der Waals surface area contributed by atoms with Crippen LogP contribution in [-0.2, 0) is 4.79 Å². The van der Waals surface area contributed by atoms with E-state index in [2.05, 4.69) is 33.5 Å². The van der Waals surface area contributed by atoms with E-state index >= 15 is 0 Å². The third-order valence-electron chi connectivity index (χ3n) is 3.43. The molecule has 1 aromatic carbocycles. The van der Waals surface area contributed by atoms with E-state index in [1.807, 2.05) is 18.4 Å². The molecular weight excluding hydrogens is 376 g/mol. The molecule has 128 valence electrons. The summed E-state index contributed by atoms with van der Waals surface area (Å²) >= 11 is 5.04. The minimum absolute atomic E-state index is 0.101. The molecule has 1 unspecified atom stereocenters. The minimum Gasteiger partial charge on any atom is -0.354 e. The van der Waals surface area contributed by atoms with Gasteiger partial charge in [-0.25, -0.2) is 0 Å². The zero-order valence-electron chi connectivity index (χ0n) is 13.7. The largest absolute Gasteiger partial charge is 0.354 e. The summed E-state index contributed by atoms with van der Waals surface area (Å²) in [6, 6.07) is 6.72. The van der Waals surface area contributed by atoms with Gasteiger partial charge in [0.15, 0.2) is 0 Å². The molecule has 1 aromatic rings.